The van der Waals surface area contributed by atoms with Crippen LogP contribution in [0.15, 0.2) is 17.5 Å². The second-order valence-electron chi connectivity index (χ2n) is 4.41. The summed E-state index contributed by atoms with van der Waals surface area (Å²) in [4.78, 5) is 27.6. The number of urea groups is 1. The van der Waals surface area contributed by atoms with Crippen molar-refractivity contribution in [3.8, 4) is 0 Å². The Morgan fingerprint density at radius 3 is 2.89 bits per heavy atom. The van der Waals surface area contributed by atoms with Gasteiger partial charge in [-0.2, -0.15) is 0 Å². The maximum absolute atomic E-state index is 12.4. The fraction of sp³-hybridized carbons (Fsp3) is 0.500. The topological polar surface area (TPSA) is 60.9 Å². The van der Waals surface area contributed by atoms with Crippen molar-refractivity contribution >= 4 is 35.1 Å². The van der Waals surface area contributed by atoms with Gasteiger partial charge in [-0.15, -0.1) is 23.1 Å². The van der Waals surface area contributed by atoms with Gasteiger partial charge in [-0.25, -0.2) is 9.59 Å². The van der Waals surface area contributed by atoms with Crippen LogP contribution in [0.25, 0.3) is 0 Å². The van der Waals surface area contributed by atoms with Crippen LogP contribution in [0.2, 0.25) is 0 Å². The van der Waals surface area contributed by atoms with Crippen molar-refractivity contribution in [2.45, 2.75) is 19.0 Å². The standard InChI is InChI=1S/C12H16N2O3S2/c1-8(10-4-3-5-19-10)13(2)12(17)14-7-18-6-9(14)11(15)16/h3-5,8-9H,6-7H2,1-2H3,(H,15,16). The van der Waals surface area contributed by atoms with E-state index in [2.05, 4.69) is 0 Å². The first-order valence-electron chi connectivity index (χ1n) is 5.89. The predicted octanol–water partition coefficient (Wildman–Crippen LogP) is 2.32. The summed E-state index contributed by atoms with van der Waals surface area (Å²) in [7, 11) is 1.72. The summed E-state index contributed by atoms with van der Waals surface area (Å²) in [6.45, 7) is 1.95. The van der Waals surface area contributed by atoms with Crippen LogP contribution in [0, 0.1) is 0 Å². The van der Waals surface area contributed by atoms with Crippen LogP contribution >= 0.6 is 23.1 Å². The van der Waals surface area contributed by atoms with E-state index in [1.54, 1.807) is 23.3 Å². The number of carboxylic acids is 1. The molecule has 2 amide bonds. The quantitative estimate of drug-likeness (QED) is 0.930. The number of thioether (sulfide) groups is 1. The molecule has 2 heterocycles. The largest absolute Gasteiger partial charge is 0.480 e. The van der Waals surface area contributed by atoms with Crippen molar-refractivity contribution in [1.82, 2.24) is 9.80 Å². The molecule has 5 nitrogen and oxygen atoms in total. The number of carboxylic acid groups (broad SMARTS) is 1. The van der Waals surface area contributed by atoms with Crippen LogP contribution < -0.4 is 0 Å². The molecule has 0 aromatic carbocycles. The van der Waals surface area contributed by atoms with Gasteiger partial charge in [0.25, 0.3) is 0 Å². The number of carbonyl (C=O) groups excluding carboxylic acids is 1. The first-order chi connectivity index (χ1) is 9.02. The highest BCUT2D eigenvalue weighted by atomic mass is 32.2. The SMILES string of the molecule is CC(c1cccs1)N(C)C(=O)N1CSCC1C(=O)O. The third-order valence-corrected chi connectivity index (χ3v) is 5.31. The second kappa shape index (κ2) is 5.83. The Kier molecular flexibility index (Phi) is 4.36. The fourth-order valence-electron chi connectivity index (χ4n) is 1.92. The molecule has 0 bridgehead atoms. The maximum atomic E-state index is 12.4. The van der Waals surface area contributed by atoms with E-state index in [1.165, 1.54) is 16.7 Å². The molecule has 1 aliphatic heterocycles. The molecular formula is C12H16N2O3S2. The van der Waals surface area contributed by atoms with Gasteiger partial charge in [-0.05, 0) is 18.4 Å². The maximum Gasteiger partial charge on any atom is 0.327 e. The van der Waals surface area contributed by atoms with E-state index in [9.17, 15) is 9.59 Å². The highest BCUT2D eigenvalue weighted by Crippen LogP contribution is 2.27. The fourth-order valence-corrected chi connectivity index (χ4v) is 3.89. The molecular weight excluding hydrogens is 284 g/mol. The lowest BCUT2D eigenvalue weighted by Crippen LogP contribution is -2.48. The summed E-state index contributed by atoms with van der Waals surface area (Å²) in [5, 5.41) is 11.1. The molecule has 19 heavy (non-hydrogen) atoms. The van der Waals surface area contributed by atoms with Gasteiger partial charge < -0.3 is 14.9 Å². The van der Waals surface area contributed by atoms with Crippen LogP contribution in [-0.4, -0.2) is 51.6 Å². The minimum Gasteiger partial charge on any atom is -0.480 e. The summed E-state index contributed by atoms with van der Waals surface area (Å²) < 4.78 is 0. The normalized spacial score (nSPS) is 20.3. The molecule has 104 valence electrons. The van der Waals surface area contributed by atoms with E-state index in [-0.39, 0.29) is 12.1 Å². The second-order valence-corrected chi connectivity index (χ2v) is 6.39. The molecule has 0 radical (unpaired) electrons. The lowest BCUT2D eigenvalue weighted by atomic mass is 10.2. The molecule has 1 aliphatic rings. The minimum absolute atomic E-state index is 0.0486. The van der Waals surface area contributed by atoms with Crippen molar-refractivity contribution in [2.24, 2.45) is 0 Å². The van der Waals surface area contributed by atoms with Crippen molar-refractivity contribution in [3.63, 3.8) is 0 Å². The Balaban J connectivity index is 2.08. The smallest absolute Gasteiger partial charge is 0.327 e. The molecule has 2 atom stereocenters. The van der Waals surface area contributed by atoms with Gasteiger partial charge in [0.2, 0.25) is 0 Å². The predicted molar refractivity (Wildman–Crippen MR) is 76.5 cm³/mol. The summed E-state index contributed by atoms with van der Waals surface area (Å²) >= 11 is 3.07. The zero-order chi connectivity index (χ0) is 14.0. The number of hydrogen-bond donors (Lipinski definition) is 1. The molecule has 1 aromatic rings. The van der Waals surface area contributed by atoms with Crippen LogP contribution in [0.1, 0.15) is 17.8 Å². The lowest BCUT2D eigenvalue weighted by Gasteiger charge is -2.30. The Bertz CT molecular complexity index is 464. The molecule has 0 aliphatic carbocycles. The van der Waals surface area contributed by atoms with Crippen molar-refractivity contribution in [1.29, 1.82) is 0 Å². The summed E-state index contributed by atoms with van der Waals surface area (Å²) in [5.41, 5.74) is 0. The first-order valence-corrected chi connectivity index (χ1v) is 7.93. The summed E-state index contributed by atoms with van der Waals surface area (Å²) in [6.07, 6.45) is 0. The van der Waals surface area contributed by atoms with Gasteiger partial charge in [0, 0.05) is 17.7 Å². The third kappa shape index (κ3) is 2.87. The molecule has 1 fully saturated rings. The molecule has 1 aromatic heterocycles. The summed E-state index contributed by atoms with van der Waals surface area (Å²) in [6, 6.07) is 2.94. The highest BCUT2D eigenvalue weighted by Gasteiger charge is 2.37. The van der Waals surface area contributed by atoms with Crippen LogP contribution in [0.4, 0.5) is 4.79 Å². The van der Waals surface area contributed by atoms with Gasteiger partial charge >= 0.3 is 12.0 Å². The van der Waals surface area contributed by atoms with Crippen LogP contribution in [-0.2, 0) is 4.79 Å². The van der Waals surface area contributed by atoms with Crippen molar-refractivity contribution in [2.75, 3.05) is 18.7 Å². The van der Waals surface area contributed by atoms with Gasteiger partial charge in [-0.1, -0.05) is 6.07 Å². The average molecular weight is 300 g/mol. The molecule has 1 N–H and O–H groups in total. The summed E-state index contributed by atoms with van der Waals surface area (Å²) in [5.74, 6) is -0.0323. The number of aliphatic carboxylic acids is 1. The number of hydrogen-bond acceptors (Lipinski definition) is 4. The Labute approximate surface area is 120 Å². The van der Waals surface area contributed by atoms with E-state index in [0.29, 0.717) is 11.6 Å². The minimum atomic E-state index is -0.935. The first kappa shape index (κ1) is 14.2. The Morgan fingerprint density at radius 2 is 2.32 bits per heavy atom. The Morgan fingerprint density at radius 1 is 1.58 bits per heavy atom. The molecule has 2 unspecified atom stereocenters. The average Bonchev–Trinajstić information content (AvgIpc) is 3.06. The van der Waals surface area contributed by atoms with E-state index in [1.807, 2.05) is 24.4 Å². The number of rotatable bonds is 3. The van der Waals surface area contributed by atoms with Crippen molar-refractivity contribution in [3.05, 3.63) is 22.4 Å². The number of amides is 2. The zero-order valence-electron chi connectivity index (χ0n) is 10.8. The molecule has 1 saturated heterocycles. The van der Waals surface area contributed by atoms with E-state index in [0.717, 1.165) is 4.88 Å². The van der Waals surface area contributed by atoms with Crippen LogP contribution in [0.3, 0.4) is 0 Å². The van der Waals surface area contributed by atoms with Gasteiger partial charge in [0.05, 0.1) is 11.9 Å². The monoisotopic (exact) mass is 300 g/mol. The third-order valence-electron chi connectivity index (χ3n) is 3.25. The molecule has 7 heteroatoms. The molecule has 2 rings (SSSR count). The van der Waals surface area contributed by atoms with E-state index >= 15 is 0 Å². The van der Waals surface area contributed by atoms with Crippen molar-refractivity contribution < 1.29 is 14.7 Å². The Hall–Kier alpha value is -1.21. The number of nitrogens with zero attached hydrogens (tertiary/aromatic N) is 2. The molecule has 0 spiro atoms. The van der Waals surface area contributed by atoms with Crippen LogP contribution in [0.5, 0.6) is 0 Å². The number of carbonyl (C=O) groups is 2. The van der Waals surface area contributed by atoms with E-state index in [4.69, 9.17) is 5.11 Å². The zero-order valence-corrected chi connectivity index (χ0v) is 12.4. The molecule has 0 saturated carbocycles. The highest BCUT2D eigenvalue weighted by molar-refractivity contribution is 7.99. The number of thiophene rings is 1. The lowest BCUT2D eigenvalue weighted by molar-refractivity contribution is -0.140. The van der Waals surface area contributed by atoms with Gasteiger partial charge in [0.1, 0.15) is 6.04 Å². The van der Waals surface area contributed by atoms with E-state index < -0.39 is 12.0 Å². The van der Waals surface area contributed by atoms with Gasteiger partial charge in [-0.3, -0.25) is 0 Å². The van der Waals surface area contributed by atoms with Gasteiger partial charge in [0.15, 0.2) is 0 Å².